The highest BCUT2D eigenvalue weighted by molar-refractivity contribution is 5.59. The van der Waals surface area contributed by atoms with Gasteiger partial charge in [0, 0.05) is 50.7 Å². The molecular formula is C21H22FN5O2. The van der Waals surface area contributed by atoms with E-state index in [0.717, 1.165) is 11.1 Å². The van der Waals surface area contributed by atoms with Crippen molar-refractivity contribution >= 4 is 5.95 Å². The second-order valence-electron chi connectivity index (χ2n) is 6.92. The fourth-order valence-corrected chi connectivity index (χ4v) is 3.53. The Morgan fingerprint density at radius 3 is 2.76 bits per heavy atom. The second kappa shape index (κ2) is 8.00. The molecule has 0 amide bonds. The van der Waals surface area contributed by atoms with Gasteiger partial charge in [-0.3, -0.25) is 14.3 Å². The van der Waals surface area contributed by atoms with Gasteiger partial charge in [0.05, 0.1) is 18.8 Å². The van der Waals surface area contributed by atoms with E-state index in [1.54, 1.807) is 36.1 Å². The van der Waals surface area contributed by atoms with Gasteiger partial charge in [0.2, 0.25) is 5.95 Å². The van der Waals surface area contributed by atoms with Crippen molar-refractivity contribution in [2.24, 2.45) is 7.05 Å². The number of anilines is 1. The van der Waals surface area contributed by atoms with Crippen molar-refractivity contribution in [3.8, 4) is 17.0 Å². The van der Waals surface area contributed by atoms with Crippen molar-refractivity contribution in [2.45, 2.75) is 6.04 Å². The maximum atomic E-state index is 13.8. The number of aromatic nitrogens is 3. The summed E-state index contributed by atoms with van der Waals surface area (Å²) in [6.07, 6.45) is 3.36. The summed E-state index contributed by atoms with van der Waals surface area (Å²) in [4.78, 5) is 23.4. The van der Waals surface area contributed by atoms with Crippen LogP contribution < -0.4 is 20.5 Å². The van der Waals surface area contributed by atoms with Gasteiger partial charge in [0.1, 0.15) is 0 Å². The Bertz CT molecular complexity index is 1070. The van der Waals surface area contributed by atoms with Gasteiger partial charge < -0.3 is 15.0 Å². The van der Waals surface area contributed by atoms with Crippen molar-refractivity contribution in [2.75, 3.05) is 31.6 Å². The minimum absolute atomic E-state index is 0.0419. The summed E-state index contributed by atoms with van der Waals surface area (Å²) >= 11 is 0. The first-order valence-corrected chi connectivity index (χ1v) is 9.37. The molecule has 150 valence electrons. The Morgan fingerprint density at radius 2 is 2.00 bits per heavy atom. The van der Waals surface area contributed by atoms with Gasteiger partial charge in [-0.2, -0.15) is 0 Å². The first kappa shape index (κ1) is 19.1. The van der Waals surface area contributed by atoms with Gasteiger partial charge in [-0.1, -0.05) is 6.07 Å². The van der Waals surface area contributed by atoms with Crippen LogP contribution in [-0.4, -0.2) is 41.3 Å². The summed E-state index contributed by atoms with van der Waals surface area (Å²) in [5, 5.41) is 3.44. The van der Waals surface area contributed by atoms with Crippen LogP contribution in [0.15, 0.2) is 53.6 Å². The molecule has 4 rings (SSSR count). The molecule has 0 aliphatic carbocycles. The molecular weight excluding hydrogens is 373 g/mol. The number of ether oxygens (including phenoxy) is 1. The molecule has 1 aliphatic heterocycles. The molecule has 29 heavy (non-hydrogen) atoms. The molecule has 1 aromatic carbocycles. The van der Waals surface area contributed by atoms with Crippen molar-refractivity contribution in [3.63, 3.8) is 0 Å². The molecule has 1 saturated heterocycles. The zero-order valence-electron chi connectivity index (χ0n) is 16.3. The smallest absolute Gasteiger partial charge is 0.255 e. The van der Waals surface area contributed by atoms with E-state index in [2.05, 4.69) is 15.2 Å². The lowest BCUT2D eigenvalue weighted by Crippen LogP contribution is -2.47. The lowest BCUT2D eigenvalue weighted by atomic mass is 10.0. The summed E-state index contributed by atoms with van der Waals surface area (Å²) in [7, 11) is 3.17. The number of rotatable bonds is 4. The molecule has 0 spiro atoms. The number of benzene rings is 1. The largest absolute Gasteiger partial charge is 0.494 e. The number of hydrogen-bond donors (Lipinski definition) is 1. The van der Waals surface area contributed by atoms with E-state index in [4.69, 9.17) is 9.72 Å². The monoisotopic (exact) mass is 395 g/mol. The van der Waals surface area contributed by atoms with Gasteiger partial charge >= 0.3 is 0 Å². The first-order valence-electron chi connectivity index (χ1n) is 9.37. The first-order chi connectivity index (χ1) is 14.1. The third-order valence-corrected chi connectivity index (χ3v) is 5.12. The normalized spacial score (nSPS) is 16.7. The van der Waals surface area contributed by atoms with E-state index in [9.17, 15) is 9.18 Å². The Morgan fingerprint density at radius 1 is 1.21 bits per heavy atom. The van der Waals surface area contributed by atoms with Crippen LogP contribution in [0.2, 0.25) is 0 Å². The number of halogens is 1. The minimum atomic E-state index is -0.391. The van der Waals surface area contributed by atoms with E-state index in [1.165, 1.54) is 19.2 Å². The van der Waals surface area contributed by atoms with Gasteiger partial charge in [0.25, 0.3) is 5.56 Å². The third kappa shape index (κ3) is 3.84. The van der Waals surface area contributed by atoms with Crippen LogP contribution in [0.5, 0.6) is 5.75 Å². The molecule has 3 aromatic rings. The van der Waals surface area contributed by atoms with E-state index in [1.807, 2.05) is 12.1 Å². The zero-order chi connectivity index (χ0) is 20.4. The number of pyridine rings is 1. The van der Waals surface area contributed by atoms with E-state index < -0.39 is 5.82 Å². The predicted molar refractivity (Wildman–Crippen MR) is 109 cm³/mol. The molecule has 1 atom stereocenters. The lowest BCUT2D eigenvalue weighted by molar-refractivity contribution is 0.383. The van der Waals surface area contributed by atoms with Crippen LogP contribution in [0, 0.1) is 5.82 Å². The summed E-state index contributed by atoms with van der Waals surface area (Å²) in [6.45, 7) is 2.00. The van der Waals surface area contributed by atoms with Crippen molar-refractivity contribution in [1.82, 2.24) is 19.9 Å². The molecule has 3 heterocycles. The van der Waals surface area contributed by atoms with E-state index in [-0.39, 0.29) is 17.4 Å². The summed E-state index contributed by atoms with van der Waals surface area (Å²) in [5.41, 5.74) is 2.25. The maximum Gasteiger partial charge on any atom is 0.255 e. The highest BCUT2D eigenvalue weighted by Gasteiger charge is 2.25. The predicted octanol–water partition coefficient (Wildman–Crippen LogP) is 2.14. The molecule has 1 aliphatic rings. The van der Waals surface area contributed by atoms with Gasteiger partial charge in [-0.05, 0) is 29.8 Å². The maximum absolute atomic E-state index is 13.8. The lowest BCUT2D eigenvalue weighted by Gasteiger charge is -2.35. The number of nitrogens with zero attached hydrogens (tertiary/aromatic N) is 4. The quantitative estimate of drug-likeness (QED) is 0.730. The van der Waals surface area contributed by atoms with Crippen LogP contribution in [0.3, 0.4) is 0 Å². The highest BCUT2D eigenvalue weighted by Crippen LogP contribution is 2.26. The number of nitrogens with one attached hydrogen (secondary N) is 1. The Kier molecular flexibility index (Phi) is 5.26. The van der Waals surface area contributed by atoms with Crippen LogP contribution >= 0.6 is 0 Å². The minimum Gasteiger partial charge on any atom is -0.494 e. The molecule has 0 radical (unpaired) electrons. The summed E-state index contributed by atoms with van der Waals surface area (Å²) in [6, 6.07) is 10.0. The summed E-state index contributed by atoms with van der Waals surface area (Å²) in [5.74, 6) is 0.426. The Hall–Kier alpha value is -3.26. The highest BCUT2D eigenvalue weighted by atomic mass is 19.1. The number of hydrogen-bond acceptors (Lipinski definition) is 6. The molecule has 0 saturated carbocycles. The topological polar surface area (TPSA) is 72.3 Å². The van der Waals surface area contributed by atoms with Gasteiger partial charge in [-0.25, -0.2) is 9.37 Å². The molecule has 7 nitrogen and oxygen atoms in total. The van der Waals surface area contributed by atoms with E-state index >= 15 is 0 Å². The van der Waals surface area contributed by atoms with Crippen molar-refractivity contribution < 1.29 is 9.13 Å². The third-order valence-electron chi connectivity index (χ3n) is 5.12. The van der Waals surface area contributed by atoms with Crippen LogP contribution in [-0.2, 0) is 7.05 Å². The van der Waals surface area contributed by atoms with Gasteiger partial charge in [0.15, 0.2) is 11.6 Å². The fraction of sp³-hybridized carbons (Fsp3) is 0.286. The summed E-state index contributed by atoms with van der Waals surface area (Å²) < 4.78 is 20.4. The van der Waals surface area contributed by atoms with Crippen molar-refractivity contribution in [1.29, 1.82) is 0 Å². The Labute approximate surface area is 167 Å². The molecule has 0 bridgehead atoms. The van der Waals surface area contributed by atoms with Crippen LogP contribution in [0.25, 0.3) is 11.3 Å². The standard InChI is InChI=1S/C21H22FN5O2/c1-26-20(28)12-17(14-5-7-23-8-6-14)25-21(26)27-10-9-24-18(13-27)15-3-4-16(22)19(11-15)29-2/h3-8,11-12,18,24H,9-10,13H2,1-2H3. The van der Waals surface area contributed by atoms with Crippen molar-refractivity contribution in [3.05, 3.63) is 70.5 Å². The SMILES string of the molecule is COc1cc(C2CN(c3nc(-c4ccncc4)cc(=O)n3C)CCN2)ccc1F. The van der Waals surface area contributed by atoms with Crippen LogP contribution in [0.1, 0.15) is 11.6 Å². The average molecular weight is 395 g/mol. The molecule has 2 aromatic heterocycles. The Balaban J connectivity index is 1.66. The van der Waals surface area contributed by atoms with Crippen LogP contribution in [0.4, 0.5) is 10.3 Å². The average Bonchev–Trinajstić information content (AvgIpc) is 2.76. The molecule has 1 fully saturated rings. The zero-order valence-corrected chi connectivity index (χ0v) is 16.3. The molecule has 8 heteroatoms. The molecule has 1 N–H and O–H groups in total. The number of piperazine rings is 1. The fourth-order valence-electron chi connectivity index (χ4n) is 3.53. The number of methoxy groups -OCH3 is 1. The van der Waals surface area contributed by atoms with E-state index in [0.29, 0.717) is 31.3 Å². The second-order valence-corrected chi connectivity index (χ2v) is 6.92. The molecule has 1 unspecified atom stereocenters. The van der Waals surface area contributed by atoms with Gasteiger partial charge in [-0.15, -0.1) is 0 Å².